The molecule has 0 aromatic heterocycles. The Hall–Kier alpha value is -1.06. The normalized spacial score (nSPS) is 11.4. The van der Waals surface area contributed by atoms with E-state index in [-0.39, 0.29) is 5.91 Å². The second-order valence-corrected chi connectivity index (χ2v) is 5.42. The van der Waals surface area contributed by atoms with Crippen LogP contribution in [0.2, 0.25) is 5.02 Å². The Bertz CT molecular complexity index is 404. The fourth-order valence-corrected chi connectivity index (χ4v) is 2.39. The van der Waals surface area contributed by atoms with Gasteiger partial charge in [0.25, 0.3) is 0 Å². The summed E-state index contributed by atoms with van der Waals surface area (Å²) in [6, 6.07) is 7.55. The van der Waals surface area contributed by atoms with E-state index in [1.807, 2.05) is 45.2 Å². The van der Waals surface area contributed by atoms with Gasteiger partial charge in [-0.2, -0.15) is 0 Å². The number of halogens is 1. The Balaban J connectivity index is 2.79. The zero-order valence-electron chi connectivity index (χ0n) is 11.9. The molecule has 1 aromatic rings. The molecule has 19 heavy (non-hydrogen) atoms. The third kappa shape index (κ3) is 3.71. The number of nitrogens with zero attached hydrogens (tertiary/aromatic N) is 1. The Morgan fingerprint density at radius 3 is 2.21 bits per heavy atom. The van der Waals surface area contributed by atoms with Crippen LogP contribution in [0.5, 0.6) is 0 Å². The molecular formula is C15H23ClN2O. The highest BCUT2D eigenvalue weighted by atomic mass is 35.5. The SMILES string of the molecule is CCC(CC)(CN)C(=O)N(C)Cc1ccc(Cl)cc1. The summed E-state index contributed by atoms with van der Waals surface area (Å²) in [5.41, 5.74) is 6.45. The molecule has 0 bridgehead atoms. The Labute approximate surface area is 120 Å². The molecule has 0 heterocycles. The van der Waals surface area contributed by atoms with E-state index in [0.29, 0.717) is 18.1 Å². The van der Waals surface area contributed by atoms with Crippen molar-refractivity contribution in [3.05, 3.63) is 34.9 Å². The predicted octanol–water partition coefficient (Wildman–Crippen LogP) is 3.06. The molecule has 0 fully saturated rings. The van der Waals surface area contributed by atoms with Gasteiger partial charge in [0.05, 0.1) is 5.41 Å². The molecule has 2 N–H and O–H groups in total. The van der Waals surface area contributed by atoms with Crippen LogP contribution in [0, 0.1) is 5.41 Å². The number of benzene rings is 1. The second-order valence-electron chi connectivity index (χ2n) is 4.98. The summed E-state index contributed by atoms with van der Waals surface area (Å²) in [4.78, 5) is 14.3. The number of hydrogen-bond donors (Lipinski definition) is 1. The maximum Gasteiger partial charge on any atom is 0.230 e. The Morgan fingerprint density at radius 2 is 1.79 bits per heavy atom. The Kier molecular flexibility index (Phi) is 5.83. The first kappa shape index (κ1) is 16.0. The van der Waals surface area contributed by atoms with Crippen LogP contribution in [0.3, 0.4) is 0 Å². The molecule has 1 amide bonds. The van der Waals surface area contributed by atoms with Crippen LogP contribution < -0.4 is 5.73 Å². The lowest BCUT2D eigenvalue weighted by Gasteiger charge is -2.33. The van der Waals surface area contributed by atoms with Crippen LogP contribution in [0.25, 0.3) is 0 Å². The van der Waals surface area contributed by atoms with Crippen molar-refractivity contribution in [3.8, 4) is 0 Å². The van der Waals surface area contributed by atoms with E-state index in [4.69, 9.17) is 17.3 Å². The molecule has 1 rings (SSSR count). The van der Waals surface area contributed by atoms with Crippen molar-refractivity contribution >= 4 is 17.5 Å². The van der Waals surface area contributed by atoms with Crippen LogP contribution in [0.4, 0.5) is 0 Å². The minimum absolute atomic E-state index is 0.120. The first-order valence-electron chi connectivity index (χ1n) is 6.69. The molecule has 0 spiro atoms. The molecule has 1 aromatic carbocycles. The van der Waals surface area contributed by atoms with E-state index in [2.05, 4.69) is 0 Å². The summed E-state index contributed by atoms with van der Waals surface area (Å²) in [6.07, 6.45) is 1.54. The number of carbonyl (C=O) groups excluding carboxylic acids is 1. The number of amides is 1. The van der Waals surface area contributed by atoms with Crippen LogP contribution in [0.15, 0.2) is 24.3 Å². The van der Waals surface area contributed by atoms with Gasteiger partial charge in [-0.15, -0.1) is 0 Å². The van der Waals surface area contributed by atoms with E-state index < -0.39 is 5.41 Å². The molecule has 4 heteroatoms. The van der Waals surface area contributed by atoms with Crippen molar-refractivity contribution in [3.63, 3.8) is 0 Å². The molecule has 0 radical (unpaired) electrons. The summed E-state index contributed by atoms with van der Waals surface area (Å²) in [7, 11) is 1.83. The zero-order chi connectivity index (χ0) is 14.5. The molecule has 0 saturated heterocycles. The van der Waals surface area contributed by atoms with E-state index in [1.54, 1.807) is 4.90 Å². The maximum absolute atomic E-state index is 12.5. The highest BCUT2D eigenvalue weighted by Crippen LogP contribution is 2.28. The lowest BCUT2D eigenvalue weighted by molar-refractivity contribution is -0.141. The standard InChI is InChI=1S/C15H23ClN2O/c1-4-15(5-2,11-17)14(19)18(3)10-12-6-8-13(16)9-7-12/h6-9H,4-5,10-11,17H2,1-3H3. The van der Waals surface area contributed by atoms with Crippen molar-refractivity contribution in [1.82, 2.24) is 4.90 Å². The number of rotatable bonds is 6. The predicted molar refractivity (Wildman–Crippen MR) is 80.0 cm³/mol. The molecule has 0 aliphatic rings. The van der Waals surface area contributed by atoms with Crippen molar-refractivity contribution in [2.24, 2.45) is 11.1 Å². The third-order valence-corrected chi connectivity index (χ3v) is 4.13. The minimum Gasteiger partial charge on any atom is -0.341 e. The lowest BCUT2D eigenvalue weighted by Crippen LogP contribution is -2.45. The summed E-state index contributed by atoms with van der Waals surface area (Å²) >= 11 is 5.85. The van der Waals surface area contributed by atoms with Crippen LogP contribution in [-0.4, -0.2) is 24.4 Å². The number of carbonyl (C=O) groups is 1. The molecule has 0 saturated carbocycles. The maximum atomic E-state index is 12.5. The quantitative estimate of drug-likeness (QED) is 0.872. The number of nitrogens with two attached hydrogens (primary N) is 1. The summed E-state index contributed by atoms with van der Waals surface area (Å²) < 4.78 is 0. The average Bonchev–Trinajstić information content (AvgIpc) is 2.43. The van der Waals surface area contributed by atoms with Crippen molar-refractivity contribution in [2.75, 3.05) is 13.6 Å². The molecule has 106 valence electrons. The fraction of sp³-hybridized carbons (Fsp3) is 0.533. The minimum atomic E-state index is -0.429. The first-order chi connectivity index (χ1) is 8.99. The van der Waals surface area contributed by atoms with Crippen LogP contribution in [-0.2, 0) is 11.3 Å². The monoisotopic (exact) mass is 282 g/mol. The van der Waals surface area contributed by atoms with Gasteiger partial charge in [0.2, 0.25) is 5.91 Å². The molecule has 0 atom stereocenters. The van der Waals surface area contributed by atoms with Gasteiger partial charge >= 0.3 is 0 Å². The van der Waals surface area contributed by atoms with E-state index in [9.17, 15) is 4.79 Å². The fourth-order valence-electron chi connectivity index (χ4n) is 2.27. The zero-order valence-corrected chi connectivity index (χ0v) is 12.7. The van der Waals surface area contributed by atoms with Gasteiger partial charge in [-0.1, -0.05) is 37.6 Å². The van der Waals surface area contributed by atoms with Gasteiger partial charge in [0.15, 0.2) is 0 Å². The molecule has 0 aliphatic carbocycles. The van der Waals surface area contributed by atoms with Gasteiger partial charge in [-0.3, -0.25) is 4.79 Å². The average molecular weight is 283 g/mol. The van der Waals surface area contributed by atoms with Gasteiger partial charge < -0.3 is 10.6 Å². The van der Waals surface area contributed by atoms with Crippen LogP contribution >= 0.6 is 11.6 Å². The Morgan fingerprint density at radius 1 is 1.26 bits per heavy atom. The molecule has 3 nitrogen and oxygen atoms in total. The van der Waals surface area contributed by atoms with Gasteiger partial charge in [-0.05, 0) is 30.5 Å². The highest BCUT2D eigenvalue weighted by molar-refractivity contribution is 6.30. The molecule has 0 aliphatic heterocycles. The van der Waals surface area contributed by atoms with Gasteiger partial charge in [-0.25, -0.2) is 0 Å². The largest absolute Gasteiger partial charge is 0.341 e. The van der Waals surface area contributed by atoms with Gasteiger partial charge in [0, 0.05) is 25.2 Å². The lowest BCUT2D eigenvalue weighted by atomic mass is 9.81. The molecule has 0 unspecified atom stereocenters. The van der Waals surface area contributed by atoms with E-state index >= 15 is 0 Å². The molecular weight excluding hydrogens is 260 g/mol. The third-order valence-electron chi connectivity index (χ3n) is 3.88. The van der Waals surface area contributed by atoms with Crippen molar-refractivity contribution in [1.29, 1.82) is 0 Å². The number of hydrogen-bond acceptors (Lipinski definition) is 2. The second kappa shape index (κ2) is 6.92. The summed E-state index contributed by atoms with van der Waals surface area (Å²) in [6.45, 7) is 5.01. The van der Waals surface area contributed by atoms with Crippen molar-refractivity contribution < 1.29 is 4.79 Å². The van der Waals surface area contributed by atoms with E-state index in [1.165, 1.54) is 0 Å². The summed E-state index contributed by atoms with van der Waals surface area (Å²) in [5.74, 6) is 0.120. The van der Waals surface area contributed by atoms with E-state index in [0.717, 1.165) is 18.4 Å². The van der Waals surface area contributed by atoms with Crippen LogP contribution in [0.1, 0.15) is 32.3 Å². The highest BCUT2D eigenvalue weighted by Gasteiger charge is 2.35. The van der Waals surface area contributed by atoms with Crippen molar-refractivity contribution in [2.45, 2.75) is 33.2 Å². The topological polar surface area (TPSA) is 46.3 Å². The smallest absolute Gasteiger partial charge is 0.230 e. The first-order valence-corrected chi connectivity index (χ1v) is 7.07. The summed E-state index contributed by atoms with van der Waals surface area (Å²) in [5, 5.41) is 0.705. The van der Waals surface area contributed by atoms with Gasteiger partial charge in [0.1, 0.15) is 0 Å².